The highest BCUT2D eigenvalue weighted by atomic mass is 32.2. The molecule has 0 atom stereocenters. The van der Waals surface area contributed by atoms with Crippen LogP contribution in [0.3, 0.4) is 0 Å². The monoisotopic (exact) mass is 370 g/mol. The topological polar surface area (TPSA) is 95.2 Å². The van der Waals surface area contributed by atoms with Crippen LogP contribution in [0.1, 0.15) is 18.9 Å². The minimum atomic E-state index is -3.76. The zero-order chi connectivity index (χ0) is 18.3. The number of amides is 1. The van der Waals surface area contributed by atoms with Crippen molar-refractivity contribution in [2.75, 3.05) is 16.2 Å². The number of benzene rings is 2. The van der Waals surface area contributed by atoms with Gasteiger partial charge < -0.3 is 4.90 Å². The van der Waals surface area contributed by atoms with E-state index in [0.717, 1.165) is 29.5 Å². The van der Waals surface area contributed by atoms with E-state index in [0.29, 0.717) is 17.7 Å². The fourth-order valence-corrected chi connectivity index (χ4v) is 4.45. The Hall–Kier alpha value is -2.87. The summed E-state index contributed by atoms with van der Waals surface area (Å²) in [6.45, 7) is 2.18. The zero-order valence-electron chi connectivity index (χ0n) is 14.2. The van der Waals surface area contributed by atoms with Gasteiger partial charge in [0.25, 0.3) is 10.0 Å². The van der Waals surface area contributed by atoms with Crippen LogP contribution >= 0.6 is 0 Å². The standard InChI is InChI=1S/C18H18N4O3S/c1-12(23)22-9-3-5-13-10-15(7-8-17(13)22)26(24,25)21-16-6-2-4-14-11-19-20-18(14)16/h2,4,6-8,10-11,21H,3,5,9H2,1H3,(H,19,20). The molecule has 0 fully saturated rings. The molecule has 1 aromatic heterocycles. The highest BCUT2D eigenvalue weighted by molar-refractivity contribution is 7.92. The fourth-order valence-electron chi connectivity index (χ4n) is 3.33. The maximum Gasteiger partial charge on any atom is 0.261 e. The van der Waals surface area contributed by atoms with Crippen LogP contribution in [0.5, 0.6) is 0 Å². The summed E-state index contributed by atoms with van der Waals surface area (Å²) < 4.78 is 28.3. The second-order valence-electron chi connectivity index (χ2n) is 6.31. The Kier molecular flexibility index (Phi) is 3.91. The summed E-state index contributed by atoms with van der Waals surface area (Å²) in [4.78, 5) is 13.6. The number of nitrogens with one attached hydrogen (secondary N) is 2. The van der Waals surface area contributed by atoms with Crippen molar-refractivity contribution >= 4 is 38.2 Å². The van der Waals surface area contributed by atoms with Crippen molar-refractivity contribution in [3.8, 4) is 0 Å². The molecular weight excluding hydrogens is 352 g/mol. The molecule has 134 valence electrons. The van der Waals surface area contributed by atoms with Gasteiger partial charge in [-0.3, -0.25) is 14.6 Å². The number of hydrogen-bond acceptors (Lipinski definition) is 4. The van der Waals surface area contributed by atoms with Gasteiger partial charge in [0.2, 0.25) is 5.91 Å². The third-order valence-corrected chi connectivity index (χ3v) is 5.94. The van der Waals surface area contributed by atoms with E-state index in [1.807, 2.05) is 6.07 Å². The van der Waals surface area contributed by atoms with Crippen LogP contribution < -0.4 is 9.62 Å². The highest BCUT2D eigenvalue weighted by Gasteiger charge is 2.23. The summed E-state index contributed by atoms with van der Waals surface area (Å²) in [5.74, 6) is -0.0365. The first kappa shape index (κ1) is 16.6. The molecule has 0 bridgehead atoms. The second-order valence-corrected chi connectivity index (χ2v) is 7.99. The van der Waals surface area contributed by atoms with E-state index in [1.165, 1.54) is 13.0 Å². The number of aryl methyl sites for hydroxylation is 1. The second kappa shape index (κ2) is 6.14. The van der Waals surface area contributed by atoms with Gasteiger partial charge >= 0.3 is 0 Å². The maximum atomic E-state index is 12.8. The number of H-pyrrole nitrogens is 1. The number of nitrogens with zero attached hydrogens (tertiary/aromatic N) is 2. The number of sulfonamides is 1. The minimum Gasteiger partial charge on any atom is -0.312 e. The zero-order valence-corrected chi connectivity index (χ0v) is 15.0. The van der Waals surface area contributed by atoms with Gasteiger partial charge in [-0.1, -0.05) is 12.1 Å². The van der Waals surface area contributed by atoms with E-state index >= 15 is 0 Å². The third-order valence-electron chi connectivity index (χ3n) is 4.58. The summed E-state index contributed by atoms with van der Waals surface area (Å²) in [7, 11) is -3.76. The first-order valence-corrected chi connectivity index (χ1v) is 9.80. The predicted molar refractivity (Wildman–Crippen MR) is 99.7 cm³/mol. The first-order chi connectivity index (χ1) is 12.5. The molecule has 1 aliphatic heterocycles. The Morgan fingerprint density at radius 2 is 2.12 bits per heavy atom. The molecule has 2 heterocycles. The van der Waals surface area contributed by atoms with Crippen LogP contribution in [0.2, 0.25) is 0 Å². The summed E-state index contributed by atoms with van der Waals surface area (Å²) in [5.41, 5.74) is 2.74. The average molecular weight is 370 g/mol. The van der Waals surface area contributed by atoms with Crippen LogP contribution in [-0.4, -0.2) is 31.1 Å². The number of aromatic amines is 1. The molecule has 1 amide bonds. The molecule has 4 rings (SSSR count). The summed E-state index contributed by atoms with van der Waals surface area (Å²) >= 11 is 0. The van der Waals surface area contributed by atoms with Crippen molar-refractivity contribution in [2.45, 2.75) is 24.7 Å². The molecule has 0 aliphatic carbocycles. The Morgan fingerprint density at radius 1 is 1.27 bits per heavy atom. The van der Waals surface area contributed by atoms with Crippen molar-refractivity contribution in [1.82, 2.24) is 10.2 Å². The van der Waals surface area contributed by atoms with Crippen molar-refractivity contribution in [3.63, 3.8) is 0 Å². The molecule has 0 radical (unpaired) electrons. The molecule has 0 saturated carbocycles. The lowest BCUT2D eigenvalue weighted by molar-refractivity contribution is -0.116. The third kappa shape index (κ3) is 2.82. The predicted octanol–water partition coefficient (Wildman–Crippen LogP) is 2.66. The van der Waals surface area contributed by atoms with Gasteiger partial charge in [0.05, 0.1) is 22.3 Å². The van der Waals surface area contributed by atoms with Crippen LogP contribution in [0.15, 0.2) is 47.5 Å². The summed E-state index contributed by atoms with van der Waals surface area (Å²) in [6.07, 6.45) is 3.21. The number of anilines is 2. The van der Waals surface area contributed by atoms with E-state index in [4.69, 9.17) is 0 Å². The van der Waals surface area contributed by atoms with Gasteiger partial charge in [0.1, 0.15) is 0 Å². The Balaban J connectivity index is 1.70. The van der Waals surface area contributed by atoms with Crippen LogP contribution in [0, 0.1) is 0 Å². The maximum absolute atomic E-state index is 12.8. The molecule has 0 spiro atoms. The van der Waals surface area contributed by atoms with Crippen LogP contribution in [-0.2, 0) is 21.2 Å². The van der Waals surface area contributed by atoms with Gasteiger partial charge in [0.15, 0.2) is 0 Å². The highest BCUT2D eigenvalue weighted by Crippen LogP contribution is 2.31. The lowest BCUT2D eigenvalue weighted by Crippen LogP contribution is -2.33. The quantitative estimate of drug-likeness (QED) is 0.741. The molecule has 8 heteroatoms. The molecule has 2 aromatic carbocycles. The Bertz CT molecular complexity index is 1100. The van der Waals surface area contributed by atoms with Crippen molar-refractivity contribution in [3.05, 3.63) is 48.2 Å². The number of para-hydroxylation sites is 1. The van der Waals surface area contributed by atoms with Gasteiger partial charge in [0, 0.05) is 24.5 Å². The molecular formula is C18H18N4O3S. The molecule has 3 aromatic rings. The van der Waals surface area contributed by atoms with Gasteiger partial charge in [-0.15, -0.1) is 0 Å². The Morgan fingerprint density at radius 3 is 2.92 bits per heavy atom. The molecule has 0 unspecified atom stereocenters. The van der Waals surface area contributed by atoms with Crippen molar-refractivity contribution in [1.29, 1.82) is 0 Å². The molecule has 1 aliphatic rings. The van der Waals surface area contributed by atoms with Crippen LogP contribution in [0.4, 0.5) is 11.4 Å². The van der Waals surface area contributed by atoms with E-state index in [9.17, 15) is 13.2 Å². The summed E-state index contributed by atoms with van der Waals surface area (Å²) in [6, 6.07) is 10.2. The first-order valence-electron chi connectivity index (χ1n) is 8.32. The van der Waals surface area contributed by atoms with Gasteiger partial charge in [-0.25, -0.2) is 8.42 Å². The van der Waals surface area contributed by atoms with E-state index in [1.54, 1.807) is 35.4 Å². The minimum absolute atomic E-state index is 0.0365. The Labute approximate surface area is 151 Å². The van der Waals surface area contributed by atoms with Gasteiger partial charge in [-0.05, 0) is 42.7 Å². The molecule has 0 saturated heterocycles. The van der Waals surface area contributed by atoms with E-state index in [2.05, 4.69) is 14.9 Å². The largest absolute Gasteiger partial charge is 0.312 e. The number of carbonyl (C=O) groups is 1. The lowest BCUT2D eigenvalue weighted by Gasteiger charge is -2.28. The number of hydrogen-bond donors (Lipinski definition) is 2. The number of rotatable bonds is 3. The van der Waals surface area contributed by atoms with Crippen molar-refractivity contribution in [2.24, 2.45) is 0 Å². The average Bonchev–Trinajstić information content (AvgIpc) is 3.10. The molecule has 2 N–H and O–H groups in total. The molecule has 26 heavy (non-hydrogen) atoms. The normalized spacial score (nSPS) is 14.3. The SMILES string of the molecule is CC(=O)N1CCCc2cc(S(=O)(=O)Nc3cccc4cn[nH]c34)ccc21. The van der Waals surface area contributed by atoms with Crippen LogP contribution in [0.25, 0.3) is 10.9 Å². The molecule has 7 nitrogen and oxygen atoms in total. The lowest BCUT2D eigenvalue weighted by atomic mass is 10.0. The smallest absolute Gasteiger partial charge is 0.261 e. The number of fused-ring (bicyclic) bond motifs is 2. The van der Waals surface area contributed by atoms with Crippen molar-refractivity contribution < 1.29 is 13.2 Å². The van der Waals surface area contributed by atoms with Gasteiger partial charge in [-0.2, -0.15) is 5.10 Å². The summed E-state index contributed by atoms with van der Waals surface area (Å²) in [5, 5.41) is 7.59. The number of carbonyl (C=O) groups excluding carboxylic acids is 1. The van der Waals surface area contributed by atoms with E-state index in [-0.39, 0.29) is 10.8 Å². The fraction of sp³-hybridized carbons (Fsp3) is 0.222. The number of aromatic nitrogens is 2. The van der Waals surface area contributed by atoms with E-state index < -0.39 is 10.0 Å².